The number of primary amides is 1. The molecule has 0 heterocycles. The average Bonchev–Trinajstić information content (AvgIpc) is 2.45. The van der Waals surface area contributed by atoms with E-state index in [4.69, 9.17) is 5.73 Å². The Balaban J connectivity index is 3.05. The fourth-order valence-electron chi connectivity index (χ4n) is 1.70. The van der Waals surface area contributed by atoms with Crippen LogP contribution in [0.25, 0.3) is 0 Å². The molecule has 0 bridgehead atoms. The lowest BCUT2D eigenvalue weighted by atomic mass is 10.3. The van der Waals surface area contributed by atoms with Gasteiger partial charge in [-0.15, -0.1) is 0 Å². The molecule has 0 atom stereocenters. The molecule has 1 aromatic rings. The van der Waals surface area contributed by atoms with Gasteiger partial charge in [0.1, 0.15) is 0 Å². The lowest BCUT2D eigenvalue weighted by molar-refractivity contribution is -0.384. The number of nitro groups is 1. The molecule has 0 aliphatic carbocycles. The molecule has 0 saturated carbocycles. The summed E-state index contributed by atoms with van der Waals surface area (Å²) in [4.78, 5) is 32.2. The number of nitro benzene ring substituents is 1. The highest BCUT2D eigenvalue weighted by Gasteiger charge is 2.28. The van der Waals surface area contributed by atoms with Crippen molar-refractivity contribution in [2.45, 2.75) is 24.7 Å². The summed E-state index contributed by atoms with van der Waals surface area (Å²) in [5, 5.41) is 10.6. The predicted molar refractivity (Wildman–Crippen MR) is 76.1 cm³/mol. The van der Waals surface area contributed by atoms with E-state index >= 15 is 0 Å². The maximum absolute atomic E-state index is 12.3. The number of carbonyl (C=O) groups is 2. The fourth-order valence-corrected chi connectivity index (χ4v) is 3.14. The standard InChI is InChI=1S/C12H15N3O6S/c1-2-14(12(17)8-7-11(13)16)22(20,21)10-5-3-9(4-6-10)15(18)19/h3-6H,2,7-8H2,1H3,(H2,13,16). The highest BCUT2D eigenvalue weighted by molar-refractivity contribution is 7.89. The van der Waals surface area contributed by atoms with Crippen molar-refractivity contribution in [1.82, 2.24) is 4.31 Å². The second kappa shape index (κ2) is 6.98. The number of rotatable bonds is 7. The van der Waals surface area contributed by atoms with Crippen LogP contribution >= 0.6 is 0 Å². The molecule has 0 saturated heterocycles. The van der Waals surface area contributed by atoms with Crippen molar-refractivity contribution in [2.24, 2.45) is 5.73 Å². The molecule has 1 aromatic carbocycles. The van der Waals surface area contributed by atoms with Gasteiger partial charge >= 0.3 is 0 Å². The zero-order valence-corrected chi connectivity index (χ0v) is 12.6. The van der Waals surface area contributed by atoms with Crippen LogP contribution in [0.5, 0.6) is 0 Å². The van der Waals surface area contributed by atoms with E-state index < -0.39 is 26.8 Å². The summed E-state index contributed by atoms with van der Waals surface area (Å²) in [7, 11) is -4.13. The highest BCUT2D eigenvalue weighted by atomic mass is 32.2. The lowest BCUT2D eigenvalue weighted by Crippen LogP contribution is -2.37. The van der Waals surface area contributed by atoms with Crippen LogP contribution < -0.4 is 5.73 Å². The molecule has 22 heavy (non-hydrogen) atoms. The first-order chi connectivity index (χ1) is 10.2. The number of amides is 2. The van der Waals surface area contributed by atoms with E-state index in [9.17, 15) is 28.1 Å². The lowest BCUT2D eigenvalue weighted by Gasteiger charge is -2.20. The molecule has 0 spiro atoms. The van der Waals surface area contributed by atoms with Gasteiger partial charge in [0, 0.05) is 31.5 Å². The maximum Gasteiger partial charge on any atom is 0.269 e. The van der Waals surface area contributed by atoms with E-state index in [-0.39, 0.29) is 30.0 Å². The van der Waals surface area contributed by atoms with Crippen molar-refractivity contribution in [3.8, 4) is 0 Å². The number of benzene rings is 1. The minimum atomic E-state index is -4.13. The van der Waals surface area contributed by atoms with Gasteiger partial charge in [-0.3, -0.25) is 19.7 Å². The molecule has 0 radical (unpaired) electrons. The molecule has 0 unspecified atom stereocenters. The molecule has 9 nitrogen and oxygen atoms in total. The zero-order chi connectivity index (χ0) is 16.9. The van der Waals surface area contributed by atoms with Crippen molar-refractivity contribution < 1.29 is 22.9 Å². The summed E-state index contributed by atoms with van der Waals surface area (Å²) in [5.41, 5.74) is 4.66. The van der Waals surface area contributed by atoms with E-state index in [2.05, 4.69) is 0 Å². The zero-order valence-electron chi connectivity index (χ0n) is 11.8. The molecular formula is C12H15N3O6S. The van der Waals surface area contributed by atoms with E-state index in [0.29, 0.717) is 4.31 Å². The predicted octanol–water partition coefficient (Wildman–Crippen LogP) is 0.398. The van der Waals surface area contributed by atoms with Gasteiger partial charge in [-0.05, 0) is 19.1 Å². The quantitative estimate of drug-likeness (QED) is 0.567. The minimum Gasteiger partial charge on any atom is -0.370 e. The third kappa shape index (κ3) is 4.01. The Morgan fingerprint density at radius 1 is 1.23 bits per heavy atom. The second-order valence-corrected chi connectivity index (χ2v) is 6.14. The molecule has 2 N–H and O–H groups in total. The largest absolute Gasteiger partial charge is 0.370 e. The SMILES string of the molecule is CCN(C(=O)CCC(N)=O)S(=O)(=O)c1ccc([N+](=O)[O-])cc1. The van der Waals surface area contributed by atoms with Crippen LogP contribution in [0.1, 0.15) is 19.8 Å². The Labute approximate surface area is 126 Å². The van der Waals surface area contributed by atoms with Gasteiger partial charge < -0.3 is 5.73 Å². The van der Waals surface area contributed by atoms with Crippen molar-refractivity contribution >= 4 is 27.5 Å². The first-order valence-corrected chi connectivity index (χ1v) is 7.72. The van der Waals surface area contributed by atoms with Crippen LogP contribution in [0.15, 0.2) is 29.2 Å². The summed E-state index contributed by atoms with van der Waals surface area (Å²) < 4.78 is 25.3. The van der Waals surface area contributed by atoms with Crippen LogP contribution in [0.4, 0.5) is 5.69 Å². The fraction of sp³-hybridized carbons (Fsp3) is 0.333. The molecule has 0 fully saturated rings. The molecule has 0 aliphatic heterocycles. The number of nitrogens with two attached hydrogens (primary N) is 1. The van der Waals surface area contributed by atoms with Crippen molar-refractivity contribution in [3.05, 3.63) is 34.4 Å². The smallest absolute Gasteiger partial charge is 0.269 e. The Kier molecular flexibility index (Phi) is 5.57. The second-order valence-electron chi connectivity index (χ2n) is 4.28. The number of hydrogen-bond acceptors (Lipinski definition) is 6. The third-order valence-corrected chi connectivity index (χ3v) is 4.70. The summed E-state index contributed by atoms with van der Waals surface area (Å²) in [6.45, 7) is 1.34. The van der Waals surface area contributed by atoms with Gasteiger partial charge in [-0.2, -0.15) is 0 Å². The minimum absolute atomic E-state index is 0.128. The molecule has 0 aliphatic rings. The van der Waals surface area contributed by atoms with E-state index in [0.717, 1.165) is 24.3 Å². The summed E-state index contributed by atoms with van der Waals surface area (Å²) in [5.74, 6) is -1.48. The first kappa shape index (κ1) is 17.6. The Bertz CT molecular complexity index is 683. The average molecular weight is 329 g/mol. The number of non-ortho nitro benzene ring substituents is 1. The number of nitrogens with zero attached hydrogens (tertiary/aromatic N) is 2. The van der Waals surface area contributed by atoms with Crippen LogP contribution in [-0.4, -0.2) is 36.0 Å². The number of sulfonamides is 1. The molecule has 2 amide bonds. The highest BCUT2D eigenvalue weighted by Crippen LogP contribution is 2.20. The van der Waals surface area contributed by atoms with Gasteiger partial charge in [0.25, 0.3) is 15.7 Å². The van der Waals surface area contributed by atoms with Gasteiger partial charge in [0.2, 0.25) is 11.8 Å². The van der Waals surface area contributed by atoms with Gasteiger partial charge in [0.15, 0.2) is 0 Å². The van der Waals surface area contributed by atoms with Crippen molar-refractivity contribution in [1.29, 1.82) is 0 Å². The van der Waals surface area contributed by atoms with E-state index in [1.165, 1.54) is 6.92 Å². The Hall–Kier alpha value is -2.49. The first-order valence-electron chi connectivity index (χ1n) is 6.28. The maximum atomic E-state index is 12.3. The van der Waals surface area contributed by atoms with Crippen LogP contribution in [0.2, 0.25) is 0 Å². The number of hydrogen-bond donors (Lipinski definition) is 1. The summed E-state index contributed by atoms with van der Waals surface area (Å²) >= 11 is 0. The van der Waals surface area contributed by atoms with Gasteiger partial charge in [0.05, 0.1) is 9.82 Å². The van der Waals surface area contributed by atoms with Crippen molar-refractivity contribution in [2.75, 3.05) is 6.54 Å². The van der Waals surface area contributed by atoms with E-state index in [1.54, 1.807) is 0 Å². The van der Waals surface area contributed by atoms with Crippen LogP contribution in [-0.2, 0) is 19.6 Å². The van der Waals surface area contributed by atoms with Crippen LogP contribution in [0, 0.1) is 10.1 Å². The summed E-state index contributed by atoms with van der Waals surface area (Å²) in [6, 6.07) is 4.18. The van der Waals surface area contributed by atoms with Gasteiger partial charge in [-0.25, -0.2) is 12.7 Å². The molecule has 1 rings (SSSR count). The van der Waals surface area contributed by atoms with Crippen LogP contribution in [0.3, 0.4) is 0 Å². The molecule has 10 heteroatoms. The molecular weight excluding hydrogens is 314 g/mol. The topological polar surface area (TPSA) is 141 Å². The third-order valence-electron chi connectivity index (χ3n) is 2.79. The molecule has 120 valence electrons. The van der Waals surface area contributed by atoms with Crippen molar-refractivity contribution in [3.63, 3.8) is 0 Å². The monoisotopic (exact) mass is 329 g/mol. The Morgan fingerprint density at radius 2 is 1.77 bits per heavy atom. The van der Waals surface area contributed by atoms with E-state index in [1.807, 2.05) is 0 Å². The van der Waals surface area contributed by atoms with Gasteiger partial charge in [-0.1, -0.05) is 0 Å². The summed E-state index contributed by atoms with van der Waals surface area (Å²) in [6.07, 6.45) is -0.583. The Morgan fingerprint density at radius 3 is 2.18 bits per heavy atom. The normalized spacial score (nSPS) is 11.0. The molecule has 0 aromatic heterocycles. The number of carbonyl (C=O) groups excluding carboxylic acids is 2.